The Morgan fingerprint density at radius 3 is 2.29 bits per heavy atom. The van der Waals surface area contributed by atoms with Crippen molar-refractivity contribution in [2.24, 2.45) is 0 Å². The summed E-state index contributed by atoms with van der Waals surface area (Å²) in [5.41, 5.74) is 3.96. The molecule has 0 bridgehead atoms. The smallest absolute Gasteiger partial charge is 0.322 e. The molecule has 1 N–H and O–H groups in total. The fourth-order valence-corrected chi connectivity index (χ4v) is 3.94. The molecule has 1 aliphatic heterocycles. The Morgan fingerprint density at radius 2 is 1.52 bits per heavy atom. The van der Waals surface area contributed by atoms with Crippen LogP contribution in [0.4, 0.5) is 16.2 Å². The molecule has 4 rings (SSSR count). The minimum absolute atomic E-state index is 0.0563. The van der Waals surface area contributed by atoms with Gasteiger partial charge in [0.1, 0.15) is 0 Å². The predicted molar refractivity (Wildman–Crippen MR) is 124 cm³/mol. The van der Waals surface area contributed by atoms with E-state index in [0.29, 0.717) is 13.1 Å². The first-order valence-corrected chi connectivity index (χ1v) is 10.7. The van der Waals surface area contributed by atoms with E-state index in [2.05, 4.69) is 11.4 Å². The molecule has 1 heterocycles. The highest BCUT2D eigenvalue weighted by Gasteiger charge is 2.23. The molecule has 5 nitrogen and oxygen atoms in total. The van der Waals surface area contributed by atoms with Crippen molar-refractivity contribution in [1.82, 2.24) is 5.32 Å². The number of fused-ring (bicyclic) bond motifs is 1. The van der Waals surface area contributed by atoms with Crippen LogP contribution < -0.4 is 15.1 Å². The fourth-order valence-electron chi connectivity index (χ4n) is 3.94. The first-order chi connectivity index (χ1) is 15.2. The van der Waals surface area contributed by atoms with Crippen molar-refractivity contribution in [3.05, 3.63) is 96.1 Å². The standard InChI is InChI=1S/C26H27N3O2/c30-25(29(23-15-5-2-6-16-23)20-21-11-3-1-4-12-21)19-27-26(31)28-18-10-9-14-22-13-7-8-17-24(22)28/h1-8,11-13,15-17H,9-10,14,18-20H2,(H,27,31). The lowest BCUT2D eigenvalue weighted by Crippen LogP contribution is -2.46. The van der Waals surface area contributed by atoms with Gasteiger partial charge in [-0.25, -0.2) is 4.79 Å². The lowest BCUT2D eigenvalue weighted by molar-refractivity contribution is -0.117. The van der Waals surface area contributed by atoms with Gasteiger partial charge in [-0.3, -0.25) is 9.69 Å². The third-order valence-corrected chi connectivity index (χ3v) is 5.55. The topological polar surface area (TPSA) is 52.7 Å². The molecule has 31 heavy (non-hydrogen) atoms. The van der Waals surface area contributed by atoms with Gasteiger partial charge in [0.25, 0.3) is 0 Å². The van der Waals surface area contributed by atoms with E-state index >= 15 is 0 Å². The van der Waals surface area contributed by atoms with Crippen molar-refractivity contribution < 1.29 is 9.59 Å². The van der Waals surface area contributed by atoms with E-state index in [1.165, 1.54) is 5.56 Å². The number of hydrogen-bond donors (Lipinski definition) is 1. The Bertz CT molecular complexity index is 1020. The molecule has 158 valence electrons. The molecule has 0 spiro atoms. The van der Waals surface area contributed by atoms with E-state index < -0.39 is 0 Å². The first-order valence-electron chi connectivity index (χ1n) is 10.7. The van der Waals surface area contributed by atoms with Crippen molar-refractivity contribution in [3.8, 4) is 0 Å². The summed E-state index contributed by atoms with van der Waals surface area (Å²) in [4.78, 5) is 29.6. The maximum atomic E-state index is 13.1. The van der Waals surface area contributed by atoms with Crippen LogP contribution >= 0.6 is 0 Å². The maximum Gasteiger partial charge on any atom is 0.322 e. The third kappa shape index (κ3) is 5.12. The van der Waals surface area contributed by atoms with Gasteiger partial charge in [-0.1, -0.05) is 66.7 Å². The van der Waals surface area contributed by atoms with Crippen LogP contribution in [0.25, 0.3) is 0 Å². The molecule has 3 amide bonds. The molecule has 5 heteroatoms. The number of anilines is 2. The molecule has 0 saturated heterocycles. The van der Waals surface area contributed by atoms with Crippen molar-refractivity contribution in [3.63, 3.8) is 0 Å². The molecular weight excluding hydrogens is 386 g/mol. The van der Waals surface area contributed by atoms with Gasteiger partial charge in [0.2, 0.25) is 5.91 Å². The Hall–Kier alpha value is -3.60. The van der Waals surface area contributed by atoms with Gasteiger partial charge in [-0.15, -0.1) is 0 Å². The van der Waals surface area contributed by atoms with E-state index in [1.807, 2.05) is 78.9 Å². The van der Waals surface area contributed by atoms with E-state index in [-0.39, 0.29) is 18.5 Å². The lowest BCUT2D eigenvalue weighted by atomic mass is 10.1. The van der Waals surface area contributed by atoms with Gasteiger partial charge < -0.3 is 10.2 Å². The van der Waals surface area contributed by atoms with Gasteiger partial charge in [0.15, 0.2) is 0 Å². The average Bonchev–Trinajstić information content (AvgIpc) is 3.05. The normalized spacial score (nSPS) is 13.1. The number of nitrogens with one attached hydrogen (secondary N) is 1. The minimum atomic E-state index is -0.226. The van der Waals surface area contributed by atoms with Crippen molar-refractivity contribution in [2.45, 2.75) is 25.8 Å². The summed E-state index contributed by atoms with van der Waals surface area (Å²) in [6.07, 6.45) is 2.97. The molecule has 3 aromatic rings. The fraction of sp³-hybridized carbons (Fsp3) is 0.231. The van der Waals surface area contributed by atoms with E-state index in [4.69, 9.17) is 0 Å². The number of nitrogens with zero attached hydrogens (tertiary/aromatic N) is 2. The predicted octanol–water partition coefficient (Wildman–Crippen LogP) is 4.77. The van der Waals surface area contributed by atoms with Crippen LogP contribution in [-0.4, -0.2) is 25.0 Å². The number of aryl methyl sites for hydroxylation is 1. The number of para-hydroxylation sites is 2. The molecular formula is C26H27N3O2. The molecule has 0 fully saturated rings. The Morgan fingerprint density at radius 1 is 0.839 bits per heavy atom. The monoisotopic (exact) mass is 413 g/mol. The van der Waals surface area contributed by atoms with Gasteiger partial charge in [0.05, 0.1) is 13.1 Å². The van der Waals surface area contributed by atoms with Crippen molar-refractivity contribution >= 4 is 23.3 Å². The van der Waals surface area contributed by atoms with Crippen molar-refractivity contribution in [1.29, 1.82) is 0 Å². The van der Waals surface area contributed by atoms with Crippen LogP contribution in [0, 0.1) is 0 Å². The molecule has 1 aliphatic rings. The zero-order valence-corrected chi connectivity index (χ0v) is 17.5. The Kier molecular flexibility index (Phi) is 6.62. The van der Waals surface area contributed by atoms with Gasteiger partial charge in [-0.05, 0) is 48.6 Å². The second-order valence-electron chi connectivity index (χ2n) is 7.70. The SMILES string of the molecule is O=C(CNC(=O)N1CCCCc2ccccc21)N(Cc1ccccc1)c1ccccc1. The molecule has 0 atom stereocenters. The average molecular weight is 414 g/mol. The van der Waals surface area contributed by atoms with Crippen LogP contribution in [0.2, 0.25) is 0 Å². The van der Waals surface area contributed by atoms with Gasteiger partial charge in [-0.2, -0.15) is 0 Å². The third-order valence-electron chi connectivity index (χ3n) is 5.55. The largest absolute Gasteiger partial charge is 0.329 e. The molecule has 0 aliphatic carbocycles. The van der Waals surface area contributed by atoms with Gasteiger partial charge >= 0.3 is 6.03 Å². The highest BCUT2D eigenvalue weighted by atomic mass is 16.2. The van der Waals surface area contributed by atoms with Crippen LogP contribution in [0.3, 0.4) is 0 Å². The number of rotatable bonds is 5. The molecule has 0 radical (unpaired) electrons. The summed E-state index contributed by atoms with van der Waals surface area (Å²) in [6.45, 7) is 1.05. The van der Waals surface area contributed by atoms with E-state index in [0.717, 1.165) is 36.2 Å². The summed E-state index contributed by atoms with van der Waals surface area (Å²) < 4.78 is 0. The molecule has 0 aromatic heterocycles. The number of benzene rings is 3. The Balaban J connectivity index is 1.47. The molecule has 0 unspecified atom stereocenters. The number of carbonyl (C=O) groups is 2. The van der Waals surface area contributed by atoms with Gasteiger partial charge in [0, 0.05) is 17.9 Å². The first kappa shape index (κ1) is 20.7. The second-order valence-corrected chi connectivity index (χ2v) is 7.70. The number of carbonyl (C=O) groups excluding carboxylic acids is 2. The number of hydrogen-bond acceptors (Lipinski definition) is 2. The summed E-state index contributed by atoms with van der Waals surface area (Å²) >= 11 is 0. The highest BCUT2D eigenvalue weighted by Crippen LogP contribution is 2.26. The zero-order chi connectivity index (χ0) is 21.5. The summed E-state index contributed by atoms with van der Waals surface area (Å²) in [5, 5.41) is 2.85. The highest BCUT2D eigenvalue weighted by molar-refractivity contribution is 5.99. The van der Waals surface area contributed by atoms with Crippen molar-refractivity contribution in [2.75, 3.05) is 22.9 Å². The van der Waals surface area contributed by atoms with Crippen LogP contribution in [0.1, 0.15) is 24.0 Å². The number of urea groups is 1. The summed E-state index contributed by atoms with van der Waals surface area (Å²) in [5.74, 6) is -0.147. The lowest BCUT2D eigenvalue weighted by Gasteiger charge is -2.26. The van der Waals surface area contributed by atoms with Crippen LogP contribution in [-0.2, 0) is 17.8 Å². The van der Waals surface area contributed by atoms with E-state index in [1.54, 1.807) is 9.80 Å². The quantitative estimate of drug-likeness (QED) is 0.655. The molecule has 3 aromatic carbocycles. The number of amides is 3. The summed E-state index contributed by atoms with van der Waals surface area (Å²) in [7, 11) is 0. The van der Waals surface area contributed by atoms with Crippen LogP contribution in [0.5, 0.6) is 0 Å². The van der Waals surface area contributed by atoms with E-state index in [9.17, 15) is 9.59 Å². The zero-order valence-electron chi connectivity index (χ0n) is 17.5. The maximum absolute atomic E-state index is 13.1. The minimum Gasteiger partial charge on any atom is -0.329 e. The molecule has 0 saturated carbocycles. The Labute approximate surface area is 183 Å². The van der Waals surface area contributed by atoms with Crippen LogP contribution in [0.15, 0.2) is 84.9 Å². The second kappa shape index (κ2) is 9.94. The summed E-state index contributed by atoms with van der Waals surface area (Å²) in [6, 6.07) is 27.2.